The lowest BCUT2D eigenvalue weighted by Crippen LogP contribution is -2.45. The van der Waals surface area contributed by atoms with Crippen molar-refractivity contribution in [2.45, 2.75) is 26.7 Å². The van der Waals surface area contributed by atoms with Gasteiger partial charge in [-0.2, -0.15) is 0 Å². The predicted octanol–water partition coefficient (Wildman–Crippen LogP) is 1.11. The summed E-state index contributed by atoms with van der Waals surface area (Å²) in [6, 6.07) is 0. The van der Waals surface area contributed by atoms with E-state index in [2.05, 4.69) is 31.1 Å². The summed E-state index contributed by atoms with van der Waals surface area (Å²) in [6.07, 6.45) is 4.29. The van der Waals surface area contributed by atoms with Crippen LogP contribution in [-0.2, 0) is 9.59 Å². The van der Waals surface area contributed by atoms with E-state index in [0.29, 0.717) is 12.5 Å². The van der Waals surface area contributed by atoms with Gasteiger partial charge in [-0.05, 0) is 37.8 Å². The quantitative estimate of drug-likeness (QED) is 0.733. The molecule has 1 aliphatic rings. The fraction of sp³-hybridized carbons (Fsp3) is 0.714. The Morgan fingerprint density at radius 2 is 2.11 bits per heavy atom. The smallest absolute Gasteiger partial charge is 0.328 e. The molecular weight excluding hydrogens is 244 g/mol. The highest BCUT2D eigenvalue weighted by molar-refractivity contribution is 5.93. The molecule has 1 unspecified atom stereocenters. The zero-order chi connectivity index (χ0) is 14.5. The van der Waals surface area contributed by atoms with Crippen molar-refractivity contribution in [2.75, 3.05) is 26.7 Å². The predicted molar refractivity (Wildman–Crippen MR) is 73.8 cm³/mol. The Morgan fingerprint density at radius 3 is 2.68 bits per heavy atom. The van der Waals surface area contributed by atoms with Gasteiger partial charge in [-0.1, -0.05) is 13.8 Å². The molecule has 1 fully saturated rings. The summed E-state index contributed by atoms with van der Waals surface area (Å²) < 4.78 is 0. The van der Waals surface area contributed by atoms with Crippen LogP contribution < -0.4 is 5.32 Å². The van der Waals surface area contributed by atoms with Crippen LogP contribution in [0.4, 0.5) is 0 Å². The lowest BCUT2D eigenvalue weighted by atomic mass is 9.74. The number of amides is 1. The van der Waals surface area contributed by atoms with Crippen LogP contribution in [-0.4, -0.2) is 48.6 Å². The van der Waals surface area contributed by atoms with Crippen LogP contribution in [0.3, 0.4) is 0 Å². The van der Waals surface area contributed by atoms with Crippen LogP contribution in [0.5, 0.6) is 0 Å². The molecule has 0 aromatic rings. The molecule has 0 saturated carbocycles. The molecule has 0 spiro atoms. The topological polar surface area (TPSA) is 69.6 Å². The van der Waals surface area contributed by atoms with Gasteiger partial charge in [-0.25, -0.2) is 4.79 Å². The average molecular weight is 268 g/mol. The molecule has 108 valence electrons. The van der Waals surface area contributed by atoms with E-state index >= 15 is 0 Å². The SMILES string of the molecule is CN1CCCC(C(C)(C)CNC(=O)/C=C/C(=O)O)C1. The highest BCUT2D eigenvalue weighted by Gasteiger charge is 2.32. The molecule has 1 atom stereocenters. The molecule has 1 rings (SSSR count). The van der Waals surface area contributed by atoms with Gasteiger partial charge < -0.3 is 15.3 Å². The summed E-state index contributed by atoms with van der Waals surface area (Å²) in [5.74, 6) is -0.905. The van der Waals surface area contributed by atoms with E-state index in [-0.39, 0.29) is 11.3 Å². The molecule has 1 aliphatic heterocycles. The van der Waals surface area contributed by atoms with Crippen molar-refractivity contribution in [3.8, 4) is 0 Å². The van der Waals surface area contributed by atoms with Gasteiger partial charge in [0, 0.05) is 25.2 Å². The normalized spacial score (nSPS) is 21.5. The molecule has 0 radical (unpaired) electrons. The molecule has 0 bridgehead atoms. The van der Waals surface area contributed by atoms with E-state index in [1.807, 2.05) is 0 Å². The maximum Gasteiger partial charge on any atom is 0.328 e. The van der Waals surface area contributed by atoms with Crippen LogP contribution in [0, 0.1) is 11.3 Å². The molecule has 1 saturated heterocycles. The van der Waals surface area contributed by atoms with Crippen molar-refractivity contribution in [3.05, 3.63) is 12.2 Å². The Morgan fingerprint density at radius 1 is 1.42 bits per heavy atom. The number of aliphatic carboxylic acids is 1. The number of likely N-dealkylation sites (tertiary alicyclic amines) is 1. The third-order valence-electron chi connectivity index (χ3n) is 3.83. The van der Waals surface area contributed by atoms with Gasteiger partial charge in [-0.3, -0.25) is 4.79 Å². The maximum atomic E-state index is 11.5. The first kappa shape index (κ1) is 15.7. The van der Waals surface area contributed by atoms with E-state index in [1.165, 1.54) is 12.8 Å². The second kappa shape index (κ2) is 6.70. The van der Waals surface area contributed by atoms with Gasteiger partial charge in [0.1, 0.15) is 0 Å². The Balaban J connectivity index is 2.45. The minimum atomic E-state index is -1.11. The third kappa shape index (κ3) is 5.42. The fourth-order valence-corrected chi connectivity index (χ4v) is 2.47. The number of carbonyl (C=O) groups is 2. The zero-order valence-corrected chi connectivity index (χ0v) is 12.0. The summed E-state index contributed by atoms with van der Waals surface area (Å²) in [6.45, 7) is 7.05. The van der Waals surface area contributed by atoms with Gasteiger partial charge in [-0.15, -0.1) is 0 Å². The first-order chi connectivity index (χ1) is 8.81. The largest absolute Gasteiger partial charge is 0.478 e. The van der Waals surface area contributed by atoms with Crippen molar-refractivity contribution in [1.82, 2.24) is 10.2 Å². The lowest BCUT2D eigenvalue weighted by Gasteiger charge is -2.40. The first-order valence-electron chi connectivity index (χ1n) is 6.68. The Labute approximate surface area is 114 Å². The number of nitrogens with one attached hydrogen (secondary N) is 1. The summed E-state index contributed by atoms with van der Waals surface area (Å²) >= 11 is 0. The van der Waals surface area contributed by atoms with Crippen molar-refractivity contribution < 1.29 is 14.7 Å². The van der Waals surface area contributed by atoms with Crippen LogP contribution in [0.15, 0.2) is 12.2 Å². The summed E-state index contributed by atoms with van der Waals surface area (Å²) in [4.78, 5) is 24.1. The van der Waals surface area contributed by atoms with Crippen LogP contribution in [0.1, 0.15) is 26.7 Å². The minimum Gasteiger partial charge on any atom is -0.478 e. The Hall–Kier alpha value is -1.36. The number of piperidine rings is 1. The first-order valence-corrected chi connectivity index (χ1v) is 6.68. The van der Waals surface area contributed by atoms with Crippen molar-refractivity contribution in [1.29, 1.82) is 0 Å². The number of carbonyl (C=O) groups excluding carboxylic acids is 1. The van der Waals surface area contributed by atoms with E-state index in [0.717, 1.165) is 25.2 Å². The second-order valence-corrected chi connectivity index (χ2v) is 5.98. The van der Waals surface area contributed by atoms with Crippen molar-refractivity contribution >= 4 is 11.9 Å². The van der Waals surface area contributed by atoms with Crippen LogP contribution >= 0.6 is 0 Å². The number of rotatable bonds is 5. The molecule has 2 N–H and O–H groups in total. The van der Waals surface area contributed by atoms with Gasteiger partial charge in [0.25, 0.3) is 0 Å². The van der Waals surface area contributed by atoms with E-state index in [1.54, 1.807) is 0 Å². The molecular formula is C14H24N2O3. The number of hydrogen-bond acceptors (Lipinski definition) is 3. The van der Waals surface area contributed by atoms with Gasteiger partial charge in [0.2, 0.25) is 5.91 Å². The maximum absolute atomic E-state index is 11.5. The van der Waals surface area contributed by atoms with Crippen molar-refractivity contribution in [3.63, 3.8) is 0 Å². The number of hydrogen-bond donors (Lipinski definition) is 2. The highest BCUT2D eigenvalue weighted by Crippen LogP contribution is 2.32. The molecule has 5 heteroatoms. The minimum absolute atomic E-state index is 0.0153. The Kier molecular flexibility index (Phi) is 5.54. The second-order valence-electron chi connectivity index (χ2n) is 5.98. The molecule has 0 aliphatic carbocycles. The summed E-state index contributed by atoms with van der Waals surface area (Å²) in [5.41, 5.74) is 0.0153. The summed E-state index contributed by atoms with van der Waals surface area (Å²) in [7, 11) is 2.12. The third-order valence-corrected chi connectivity index (χ3v) is 3.83. The van der Waals surface area contributed by atoms with Crippen LogP contribution in [0.2, 0.25) is 0 Å². The molecule has 0 aromatic carbocycles. The number of carboxylic acids is 1. The van der Waals surface area contributed by atoms with Gasteiger partial charge >= 0.3 is 5.97 Å². The highest BCUT2D eigenvalue weighted by atomic mass is 16.4. The zero-order valence-electron chi connectivity index (χ0n) is 12.0. The molecule has 19 heavy (non-hydrogen) atoms. The molecule has 1 amide bonds. The Bertz CT molecular complexity index is 364. The average Bonchev–Trinajstić information content (AvgIpc) is 2.34. The number of nitrogens with zero attached hydrogens (tertiary/aromatic N) is 1. The molecule has 5 nitrogen and oxygen atoms in total. The number of carboxylic acid groups (broad SMARTS) is 1. The fourth-order valence-electron chi connectivity index (χ4n) is 2.47. The van der Waals surface area contributed by atoms with Gasteiger partial charge in [0.15, 0.2) is 0 Å². The lowest BCUT2D eigenvalue weighted by molar-refractivity contribution is -0.131. The van der Waals surface area contributed by atoms with Gasteiger partial charge in [0.05, 0.1) is 0 Å². The van der Waals surface area contributed by atoms with Crippen molar-refractivity contribution in [2.24, 2.45) is 11.3 Å². The van der Waals surface area contributed by atoms with E-state index in [9.17, 15) is 9.59 Å². The molecule has 1 heterocycles. The standard InChI is InChI=1S/C14H24N2O3/c1-14(2,11-5-4-8-16(3)9-11)10-15-12(17)6-7-13(18)19/h6-7,11H,4-5,8-10H2,1-3H3,(H,15,17)(H,18,19)/b7-6+. The summed E-state index contributed by atoms with van der Waals surface area (Å²) in [5, 5.41) is 11.2. The molecule has 0 aromatic heterocycles. The van der Waals surface area contributed by atoms with E-state index in [4.69, 9.17) is 5.11 Å². The monoisotopic (exact) mass is 268 g/mol. The van der Waals surface area contributed by atoms with Crippen LogP contribution in [0.25, 0.3) is 0 Å². The van der Waals surface area contributed by atoms with E-state index < -0.39 is 5.97 Å².